The molecule has 1 fully saturated rings. The van der Waals surface area contributed by atoms with Crippen LogP contribution >= 0.6 is 0 Å². The molecule has 1 aliphatic heterocycles. The van der Waals surface area contributed by atoms with E-state index in [1.165, 1.54) is 13.2 Å². The van der Waals surface area contributed by atoms with Crippen LogP contribution in [0, 0.1) is 5.82 Å². The second-order valence-corrected chi connectivity index (χ2v) is 6.81. The summed E-state index contributed by atoms with van der Waals surface area (Å²) in [6, 6.07) is 4.72. The molecule has 3 aromatic rings. The Morgan fingerprint density at radius 2 is 2.25 bits per heavy atom. The Balaban J connectivity index is 1.63. The van der Waals surface area contributed by atoms with Gasteiger partial charge in [-0.25, -0.2) is 9.37 Å². The number of nitrogens with zero attached hydrogens (tertiary/aromatic N) is 4. The number of rotatable bonds is 6. The second-order valence-electron chi connectivity index (χ2n) is 6.81. The highest BCUT2D eigenvalue weighted by molar-refractivity contribution is 5.55. The van der Waals surface area contributed by atoms with Crippen LogP contribution < -0.4 is 0 Å². The molecular weight excluding hydrogens is 363 g/mol. The first-order valence-corrected chi connectivity index (χ1v) is 9.45. The van der Waals surface area contributed by atoms with E-state index in [0.717, 1.165) is 25.2 Å². The predicted octanol–water partition coefficient (Wildman–Crippen LogP) is 3.87. The highest BCUT2D eigenvalue weighted by atomic mass is 19.1. The number of ether oxygens (including phenoxy) is 2. The van der Waals surface area contributed by atoms with Crippen LogP contribution in [0.15, 0.2) is 35.1 Å². The molecule has 4 rings (SSSR count). The maximum absolute atomic E-state index is 13.9. The normalized spacial score (nSPS) is 19.8. The van der Waals surface area contributed by atoms with E-state index in [1.807, 2.05) is 6.20 Å². The van der Waals surface area contributed by atoms with Gasteiger partial charge in [-0.05, 0) is 38.0 Å². The molecule has 0 N–H and O–H groups in total. The van der Waals surface area contributed by atoms with Crippen LogP contribution in [0.4, 0.5) is 4.39 Å². The molecule has 0 saturated carbocycles. The SMILES string of the molecule is CCn1ccnc1[C@@H]1OCCC[C@H]1c1nc(-c2ccc(F)c(COC)c2)no1. The minimum atomic E-state index is -0.318. The molecular formula is C20H23FN4O3. The first-order valence-electron chi connectivity index (χ1n) is 9.45. The van der Waals surface area contributed by atoms with Crippen LogP contribution in [0.25, 0.3) is 11.4 Å². The minimum absolute atomic E-state index is 0.0680. The fourth-order valence-corrected chi connectivity index (χ4v) is 3.62. The van der Waals surface area contributed by atoms with Crippen molar-refractivity contribution in [3.8, 4) is 11.4 Å². The fourth-order valence-electron chi connectivity index (χ4n) is 3.62. The Hall–Kier alpha value is -2.58. The van der Waals surface area contributed by atoms with Crippen molar-refractivity contribution < 1.29 is 18.4 Å². The standard InChI is InChI=1S/C20H23FN4O3/c1-3-25-9-8-22-19(25)17-15(5-4-10-27-17)20-23-18(24-28-20)13-6-7-16(21)14(11-13)12-26-2/h6-9,11,15,17H,3-5,10,12H2,1-2H3/t15-,17-/m1/s1. The molecule has 148 valence electrons. The molecule has 1 aliphatic rings. The van der Waals surface area contributed by atoms with E-state index < -0.39 is 0 Å². The molecule has 28 heavy (non-hydrogen) atoms. The van der Waals surface area contributed by atoms with Gasteiger partial charge in [-0.2, -0.15) is 4.98 Å². The quantitative estimate of drug-likeness (QED) is 0.640. The summed E-state index contributed by atoms with van der Waals surface area (Å²) in [7, 11) is 1.53. The molecule has 0 amide bonds. The maximum Gasteiger partial charge on any atom is 0.233 e. The molecule has 2 aromatic heterocycles. The third-order valence-electron chi connectivity index (χ3n) is 5.03. The Morgan fingerprint density at radius 1 is 1.36 bits per heavy atom. The first-order chi connectivity index (χ1) is 13.7. The van der Waals surface area contributed by atoms with Crippen LogP contribution in [-0.4, -0.2) is 33.4 Å². The molecule has 0 spiro atoms. The van der Waals surface area contributed by atoms with Gasteiger partial charge in [0.1, 0.15) is 17.7 Å². The van der Waals surface area contributed by atoms with Crippen LogP contribution in [-0.2, 0) is 22.6 Å². The van der Waals surface area contributed by atoms with E-state index in [2.05, 4.69) is 26.6 Å². The zero-order valence-electron chi connectivity index (χ0n) is 16.0. The molecule has 8 heteroatoms. The van der Waals surface area contributed by atoms with Gasteiger partial charge in [0.05, 0.1) is 12.5 Å². The zero-order valence-corrected chi connectivity index (χ0v) is 16.0. The summed E-state index contributed by atoms with van der Waals surface area (Å²) in [6.45, 7) is 3.74. The summed E-state index contributed by atoms with van der Waals surface area (Å²) < 4.78 is 32.6. The number of benzene rings is 1. The van der Waals surface area contributed by atoms with E-state index in [0.29, 0.717) is 29.4 Å². The number of aromatic nitrogens is 4. The lowest BCUT2D eigenvalue weighted by Gasteiger charge is -2.29. The highest BCUT2D eigenvalue weighted by Crippen LogP contribution is 2.40. The average Bonchev–Trinajstić information content (AvgIpc) is 3.39. The van der Waals surface area contributed by atoms with Crippen molar-refractivity contribution in [3.63, 3.8) is 0 Å². The molecule has 0 radical (unpaired) electrons. The molecule has 0 unspecified atom stereocenters. The Labute approximate surface area is 162 Å². The summed E-state index contributed by atoms with van der Waals surface area (Å²) in [5.74, 6) is 1.43. The molecule has 7 nitrogen and oxygen atoms in total. The van der Waals surface area contributed by atoms with Crippen molar-refractivity contribution in [1.82, 2.24) is 19.7 Å². The zero-order chi connectivity index (χ0) is 19.5. The number of halogens is 1. The van der Waals surface area contributed by atoms with Gasteiger partial charge < -0.3 is 18.6 Å². The van der Waals surface area contributed by atoms with Gasteiger partial charge in [0.2, 0.25) is 11.7 Å². The molecule has 0 bridgehead atoms. The van der Waals surface area contributed by atoms with Gasteiger partial charge in [0.15, 0.2) is 0 Å². The monoisotopic (exact) mass is 386 g/mol. The lowest BCUT2D eigenvalue weighted by molar-refractivity contribution is -0.0173. The van der Waals surface area contributed by atoms with Gasteiger partial charge >= 0.3 is 0 Å². The Kier molecular flexibility index (Phi) is 5.50. The minimum Gasteiger partial charge on any atom is -0.380 e. The lowest BCUT2D eigenvalue weighted by atomic mass is 9.93. The lowest BCUT2D eigenvalue weighted by Crippen LogP contribution is -2.24. The van der Waals surface area contributed by atoms with Crippen LogP contribution in [0.3, 0.4) is 0 Å². The summed E-state index contributed by atoms with van der Waals surface area (Å²) in [5, 5.41) is 4.12. The molecule has 1 aromatic carbocycles. The number of methoxy groups -OCH3 is 1. The largest absolute Gasteiger partial charge is 0.380 e. The van der Waals surface area contributed by atoms with Crippen molar-refractivity contribution in [2.45, 2.75) is 44.9 Å². The summed E-state index contributed by atoms with van der Waals surface area (Å²) in [5.41, 5.74) is 1.14. The van der Waals surface area contributed by atoms with E-state index in [1.54, 1.807) is 18.3 Å². The molecule has 2 atom stereocenters. The van der Waals surface area contributed by atoms with Gasteiger partial charge in [-0.15, -0.1) is 0 Å². The number of hydrogen-bond acceptors (Lipinski definition) is 6. The van der Waals surface area contributed by atoms with Crippen molar-refractivity contribution in [2.24, 2.45) is 0 Å². The number of aryl methyl sites for hydroxylation is 1. The average molecular weight is 386 g/mol. The maximum atomic E-state index is 13.9. The van der Waals surface area contributed by atoms with Crippen molar-refractivity contribution in [1.29, 1.82) is 0 Å². The third kappa shape index (κ3) is 3.57. The van der Waals surface area contributed by atoms with Crippen LogP contribution in [0.2, 0.25) is 0 Å². The van der Waals surface area contributed by atoms with E-state index in [-0.39, 0.29) is 24.4 Å². The number of imidazole rings is 1. The highest BCUT2D eigenvalue weighted by Gasteiger charge is 2.35. The molecule has 0 aliphatic carbocycles. The van der Waals surface area contributed by atoms with E-state index in [4.69, 9.17) is 14.0 Å². The topological polar surface area (TPSA) is 75.2 Å². The van der Waals surface area contributed by atoms with Crippen molar-refractivity contribution >= 4 is 0 Å². The Morgan fingerprint density at radius 3 is 3.07 bits per heavy atom. The van der Waals surface area contributed by atoms with Crippen LogP contribution in [0.1, 0.15) is 49.1 Å². The molecule has 1 saturated heterocycles. The van der Waals surface area contributed by atoms with Crippen molar-refractivity contribution in [3.05, 3.63) is 53.7 Å². The summed E-state index contributed by atoms with van der Waals surface area (Å²) in [6.07, 6.45) is 5.29. The van der Waals surface area contributed by atoms with Gasteiger partial charge in [-0.1, -0.05) is 5.16 Å². The van der Waals surface area contributed by atoms with E-state index >= 15 is 0 Å². The number of hydrogen-bond donors (Lipinski definition) is 0. The van der Waals surface area contributed by atoms with Gasteiger partial charge in [0.25, 0.3) is 0 Å². The van der Waals surface area contributed by atoms with Gasteiger partial charge in [-0.3, -0.25) is 0 Å². The predicted molar refractivity (Wildman–Crippen MR) is 99.0 cm³/mol. The summed E-state index contributed by atoms with van der Waals surface area (Å²) in [4.78, 5) is 9.08. The van der Waals surface area contributed by atoms with Gasteiger partial charge in [0, 0.05) is 43.8 Å². The first kappa shape index (κ1) is 18.8. The Bertz CT molecular complexity index is 939. The second kappa shape index (κ2) is 8.20. The molecule has 3 heterocycles. The van der Waals surface area contributed by atoms with Crippen LogP contribution in [0.5, 0.6) is 0 Å². The third-order valence-corrected chi connectivity index (χ3v) is 5.03. The smallest absolute Gasteiger partial charge is 0.233 e. The van der Waals surface area contributed by atoms with E-state index in [9.17, 15) is 4.39 Å². The van der Waals surface area contributed by atoms with Crippen molar-refractivity contribution in [2.75, 3.05) is 13.7 Å². The summed E-state index contributed by atoms with van der Waals surface area (Å²) >= 11 is 0. The fraction of sp³-hybridized carbons (Fsp3) is 0.450.